The van der Waals surface area contributed by atoms with Crippen LogP contribution in [0.2, 0.25) is 0 Å². The molecule has 1 aromatic rings. The molecule has 1 rings (SSSR count). The Bertz CT molecular complexity index is 396. The quantitative estimate of drug-likeness (QED) is 0.797. The van der Waals surface area contributed by atoms with Gasteiger partial charge in [0, 0.05) is 18.8 Å². The minimum atomic E-state index is -1.13. The minimum absolute atomic E-state index is 0.0378. The number of carboxylic acid groups (broad SMARTS) is 1. The van der Waals surface area contributed by atoms with Crippen molar-refractivity contribution in [1.29, 1.82) is 0 Å². The van der Waals surface area contributed by atoms with Gasteiger partial charge < -0.3 is 15.3 Å². The third kappa shape index (κ3) is 4.03. The third-order valence-electron chi connectivity index (χ3n) is 2.56. The number of carboxylic acids is 1. The Morgan fingerprint density at radius 1 is 1.53 bits per heavy atom. The lowest BCUT2D eigenvalue weighted by Gasteiger charge is -2.15. The molecule has 0 amide bonds. The van der Waals surface area contributed by atoms with Gasteiger partial charge in [0.15, 0.2) is 0 Å². The van der Waals surface area contributed by atoms with Gasteiger partial charge in [0.2, 0.25) is 0 Å². The fraction of sp³-hybridized carbons (Fsp3) is 0.417. The summed E-state index contributed by atoms with van der Waals surface area (Å²) in [5, 5.41) is 11.9. The van der Waals surface area contributed by atoms with Gasteiger partial charge in [-0.15, -0.1) is 0 Å². The van der Waals surface area contributed by atoms with Crippen molar-refractivity contribution in [2.75, 3.05) is 32.0 Å². The molecular weight excluding hydrogens is 223 g/mol. The van der Waals surface area contributed by atoms with Crippen LogP contribution >= 0.6 is 0 Å². The van der Waals surface area contributed by atoms with Gasteiger partial charge in [-0.3, -0.25) is 0 Å². The number of anilines is 1. The maximum absolute atomic E-state index is 12.9. The second-order valence-corrected chi connectivity index (χ2v) is 3.82. The number of likely N-dealkylation sites (N-methyl/N-ethyl adjacent to an activating group) is 1. The fourth-order valence-electron chi connectivity index (χ4n) is 1.39. The first-order chi connectivity index (χ1) is 8.04. The Hall–Kier alpha value is -1.62. The molecule has 0 radical (unpaired) electrons. The molecule has 0 fully saturated rings. The summed E-state index contributed by atoms with van der Waals surface area (Å²) in [7, 11) is 1.98. The summed E-state index contributed by atoms with van der Waals surface area (Å²) >= 11 is 0. The van der Waals surface area contributed by atoms with Crippen LogP contribution in [0.5, 0.6) is 0 Å². The second-order valence-electron chi connectivity index (χ2n) is 3.82. The number of rotatable bonds is 6. The molecule has 94 valence electrons. The van der Waals surface area contributed by atoms with Crippen molar-refractivity contribution in [2.24, 2.45) is 0 Å². The predicted octanol–water partition coefficient (Wildman–Crippen LogP) is 1.89. The summed E-state index contributed by atoms with van der Waals surface area (Å²) < 4.78 is 12.9. The van der Waals surface area contributed by atoms with Crippen LogP contribution in [0.25, 0.3) is 0 Å². The number of nitrogens with zero attached hydrogens (tertiary/aromatic N) is 1. The number of benzene rings is 1. The van der Waals surface area contributed by atoms with E-state index >= 15 is 0 Å². The van der Waals surface area contributed by atoms with Crippen molar-refractivity contribution in [3.05, 3.63) is 29.6 Å². The number of halogens is 1. The van der Waals surface area contributed by atoms with Crippen molar-refractivity contribution in [1.82, 2.24) is 4.90 Å². The monoisotopic (exact) mass is 240 g/mol. The molecule has 0 aliphatic carbocycles. The van der Waals surface area contributed by atoms with Gasteiger partial charge in [0.05, 0.1) is 5.56 Å². The highest BCUT2D eigenvalue weighted by Crippen LogP contribution is 2.16. The maximum atomic E-state index is 12.9. The van der Waals surface area contributed by atoms with Crippen LogP contribution in [0.4, 0.5) is 10.1 Å². The average Bonchev–Trinajstić information content (AvgIpc) is 2.30. The highest BCUT2D eigenvalue weighted by molar-refractivity contribution is 5.94. The van der Waals surface area contributed by atoms with Crippen molar-refractivity contribution >= 4 is 11.7 Å². The largest absolute Gasteiger partial charge is 0.478 e. The van der Waals surface area contributed by atoms with Crippen LogP contribution in [0.3, 0.4) is 0 Å². The van der Waals surface area contributed by atoms with Crippen LogP contribution in [0.15, 0.2) is 18.2 Å². The molecule has 0 spiro atoms. The highest BCUT2D eigenvalue weighted by Gasteiger charge is 2.10. The van der Waals surface area contributed by atoms with E-state index in [1.54, 1.807) is 0 Å². The van der Waals surface area contributed by atoms with Crippen LogP contribution in [0.1, 0.15) is 17.3 Å². The summed E-state index contributed by atoms with van der Waals surface area (Å²) in [6.45, 7) is 4.39. The molecule has 0 aliphatic heterocycles. The van der Waals surface area contributed by atoms with E-state index in [9.17, 15) is 9.18 Å². The first-order valence-electron chi connectivity index (χ1n) is 5.50. The normalized spacial score (nSPS) is 10.6. The molecule has 4 nitrogen and oxygen atoms in total. The van der Waals surface area contributed by atoms with Gasteiger partial charge in [-0.25, -0.2) is 9.18 Å². The SMILES string of the molecule is CCN(C)CCNc1ccc(F)cc1C(=O)O. The Morgan fingerprint density at radius 3 is 2.82 bits per heavy atom. The zero-order valence-corrected chi connectivity index (χ0v) is 10.0. The fourth-order valence-corrected chi connectivity index (χ4v) is 1.39. The van der Waals surface area contributed by atoms with Gasteiger partial charge in [-0.05, 0) is 31.8 Å². The van der Waals surface area contributed by atoms with Crippen LogP contribution in [0, 0.1) is 5.82 Å². The zero-order valence-electron chi connectivity index (χ0n) is 10.0. The van der Waals surface area contributed by atoms with Crippen molar-refractivity contribution < 1.29 is 14.3 Å². The summed E-state index contributed by atoms with van der Waals surface area (Å²) in [5.41, 5.74) is 0.410. The van der Waals surface area contributed by atoms with Gasteiger partial charge >= 0.3 is 5.97 Å². The van der Waals surface area contributed by atoms with Crippen LogP contribution in [-0.4, -0.2) is 42.7 Å². The predicted molar refractivity (Wildman–Crippen MR) is 65.0 cm³/mol. The highest BCUT2D eigenvalue weighted by atomic mass is 19.1. The van der Waals surface area contributed by atoms with Crippen molar-refractivity contribution in [3.8, 4) is 0 Å². The Morgan fingerprint density at radius 2 is 2.24 bits per heavy atom. The molecule has 0 saturated carbocycles. The first-order valence-corrected chi connectivity index (χ1v) is 5.50. The number of carbonyl (C=O) groups is 1. The molecule has 0 bridgehead atoms. The lowest BCUT2D eigenvalue weighted by Crippen LogP contribution is -2.25. The van der Waals surface area contributed by atoms with Crippen LogP contribution in [-0.2, 0) is 0 Å². The molecule has 1 aromatic carbocycles. The molecule has 0 heterocycles. The Balaban J connectivity index is 2.67. The second kappa shape index (κ2) is 6.20. The number of aromatic carboxylic acids is 1. The third-order valence-corrected chi connectivity index (χ3v) is 2.56. The lowest BCUT2D eigenvalue weighted by atomic mass is 10.1. The number of hydrogen-bond acceptors (Lipinski definition) is 3. The molecule has 17 heavy (non-hydrogen) atoms. The molecule has 2 N–H and O–H groups in total. The summed E-state index contributed by atoms with van der Waals surface area (Å²) in [6.07, 6.45) is 0. The van der Waals surface area contributed by atoms with E-state index in [4.69, 9.17) is 5.11 Å². The van der Waals surface area contributed by atoms with E-state index in [0.717, 1.165) is 19.2 Å². The molecule has 0 saturated heterocycles. The van der Waals surface area contributed by atoms with Gasteiger partial charge in [-0.2, -0.15) is 0 Å². The van der Waals surface area contributed by atoms with Crippen LogP contribution < -0.4 is 5.32 Å². The van der Waals surface area contributed by atoms with E-state index in [-0.39, 0.29) is 5.56 Å². The van der Waals surface area contributed by atoms with Crippen molar-refractivity contribution in [3.63, 3.8) is 0 Å². The summed E-state index contributed by atoms with van der Waals surface area (Å²) in [4.78, 5) is 13.0. The van der Waals surface area contributed by atoms with Gasteiger partial charge in [0.25, 0.3) is 0 Å². The van der Waals surface area contributed by atoms with E-state index in [2.05, 4.69) is 10.2 Å². The molecular formula is C12H17FN2O2. The summed E-state index contributed by atoms with van der Waals surface area (Å²) in [6, 6.07) is 3.72. The number of nitrogens with one attached hydrogen (secondary N) is 1. The average molecular weight is 240 g/mol. The smallest absolute Gasteiger partial charge is 0.337 e. The van der Waals surface area contributed by atoms with Gasteiger partial charge in [-0.1, -0.05) is 6.92 Å². The number of hydrogen-bond donors (Lipinski definition) is 2. The van der Waals surface area contributed by atoms with E-state index < -0.39 is 11.8 Å². The lowest BCUT2D eigenvalue weighted by molar-refractivity contribution is 0.0697. The standard InChI is InChI=1S/C12H17FN2O2/c1-3-15(2)7-6-14-11-5-4-9(13)8-10(11)12(16)17/h4-5,8,14H,3,6-7H2,1-2H3,(H,16,17). The molecule has 5 heteroatoms. The van der Waals surface area contributed by atoms with Crippen molar-refractivity contribution in [2.45, 2.75) is 6.92 Å². The molecule has 0 atom stereocenters. The minimum Gasteiger partial charge on any atom is -0.478 e. The zero-order chi connectivity index (χ0) is 12.8. The van der Waals surface area contributed by atoms with E-state index in [1.807, 2.05) is 14.0 Å². The topological polar surface area (TPSA) is 52.6 Å². The van der Waals surface area contributed by atoms with E-state index in [0.29, 0.717) is 12.2 Å². The first kappa shape index (κ1) is 13.4. The Kier molecular flexibility index (Phi) is 4.90. The summed E-state index contributed by atoms with van der Waals surface area (Å²) in [5.74, 6) is -1.67. The molecule has 0 aromatic heterocycles. The Labute approximate surface area is 100 Å². The molecule has 0 unspecified atom stereocenters. The maximum Gasteiger partial charge on any atom is 0.337 e. The van der Waals surface area contributed by atoms with E-state index in [1.165, 1.54) is 12.1 Å². The molecule has 0 aliphatic rings. The van der Waals surface area contributed by atoms with Gasteiger partial charge in [0.1, 0.15) is 5.82 Å².